The first-order valence-corrected chi connectivity index (χ1v) is 10.7. The Balaban J connectivity index is 1.32. The van der Waals surface area contributed by atoms with Crippen molar-refractivity contribution in [2.45, 2.75) is 25.9 Å². The smallest absolute Gasteiger partial charge is 0.241 e. The number of hydrogen-bond acceptors (Lipinski definition) is 5. The number of rotatable bonds is 6. The third-order valence-corrected chi connectivity index (χ3v) is 5.84. The topological polar surface area (TPSA) is 71.3 Å². The molecule has 1 aliphatic heterocycles. The Bertz CT molecular complexity index is 1010. The highest BCUT2D eigenvalue weighted by Crippen LogP contribution is 2.22. The normalized spacial score (nSPS) is 17.1. The van der Waals surface area contributed by atoms with Crippen LogP contribution in [-0.2, 0) is 17.9 Å². The van der Waals surface area contributed by atoms with Gasteiger partial charge in [-0.25, -0.2) is 0 Å². The van der Waals surface area contributed by atoms with Crippen molar-refractivity contribution < 1.29 is 9.32 Å². The van der Waals surface area contributed by atoms with Crippen LogP contribution in [0.5, 0.6) is 0 Å². The van der Waals surface area contributed by atoms with Crippen LogP contribution in [0.1, 0.15) is 24.3 Å². The average Bonchev–Trinajstić information content (AvgIpc) is 3.22. The molecule has 1 amide bonds. The van der Waals surface area contributed by atoms with Crippen molar-refractivity contribution in [2.24, 2.45) is 5.92 Å². The van der Waals surface area contributed by atoms with Gasteiger partial charge in [0.25, 0.3) is 0 Å². The second-order valence-electron chi connectivity index (χ2n) is 7.40. The number of nitrogens with zero attached hydrogens (tertiary/aromatic N) is 3. The molecule has 1 fully saturated rings. The fourth-order valence-corrected chi connectivity index (χ4v) is 3.94. The van der Waals surface area contributed by atoms with E-state index in [1.165, 1.54) is 0 Å². The van der Waals surface area contributed by atoms with E-state index in [9.17, 15) is 4.79 Å². The lowest BCUT2D eigenvalue weighted by atomic mass is 9.97. The molecule has 6 nitrogen and oxygen atoms in total. The van der Waals surface area contributed by atoms with Crippen LogP contribution in [0.15, 0.2) is 53.1 Å². The molecule has 2 aromatic carbocycles. The van der Waals surface area contributed by atoms with Gasteiger partial charge < -0.3 is 9.84 Å². The van der Waals surface area contributed by atoms with Gasteiger partial charge >= 0.3 is 0 Å². The number of likely N-dealkylation sites (tertiary alicyclic amines) is 1. The first kappa shape index (κ1) is 20.8. The molecule has 2 heterocycles. The van der Waals surface area contributed by atoms with E-state index in [4.69, 9.17) is 27.7 Å². The highest BCUT2D eigenvalue weighted by molar-refractivity contribution is 6.31. The van der Waals surface area contributed by atoms with Crippen molar-refractivity contribution >= 4 is 29.1 Å². The zero-order valence-electron chi connectivity index (χ0n) is 16.4. The number of halogens is 2. The summed E-state index contributed by atoms with van der Waals surface area (Å²) in [6.45, 7) is 2.51. The molecule has 1 aliphatic rings. The molecule has 0 radical (unpaired) electrons. The Morgan fingerprint density at radius 3 is 2.77 bits per heavy atom. The molecule has 0 aliphatic carbocycles. The van der Waals surface area contributed by atoms with Crippen LogP contribution < -0.4 is 5.32 Å². The summed E-state index contributed by atoms with van der Waals surface area (Å²) >= 11 is 12.1. The number of amides is 1. The molecule has 1 saturated heterocycles. The molecule has 4 rings (SSSR count). The summed E-state index contributed by atoms with van der Waals surface area (Å²) in [6, 6.07) is 14.8. The van der Waals surface area contributed by atoms with Gasteiger partial charge in [-0.15, -0.1) is 0 Å². The fourth-order valence-electron chi connectivity index (χ4n) is 3.61. The first-order valence-electron chi connectivity index (χ1n) is 9.90. The SMILES string of the molecule is O=C(NCc1ccccc1Cl)C1CCCN(Cc2nc(-c3ccc(Cl)cc3)no2)C1. The fraction of sp³-hybridized carbons (Fsp3) is 0.318. The molecular formula is C22H22Cl2N4O2. The highest BCUT2D eigenvalue weighted by Gasteiger charge is 2.27. The lowest BCUT2D eigenvalue weighted by Crippen LogP contribution is -2.42. The minimum Gasteiger partial charge on any atom is -0.352 e. The van der Waals surface area contributed by atoms with Gasteiger partial charge in [0, 0.05) is 28.7 Å². The Morgan fingerprint density at radius 2 is 1.97 bits per heavy atom. The quantitative estimate of drug-likeness (QED) is 0.602. The Labute approximate surface area is 185 Å². The van der Waals surface area contributed by atoms with E-state index in [0.29, 0.717) is 41.4 Å². The van der Waals surface area contributed by atoms with Gasteiger partial charge in [0.2, 0.25) is 17.6 Å². The predicted molar refractivity (Wildman–Crippen MR) is 116 cm³/mol. The highest BCUT2D eigenvalue weighted by atomic mass is 35.5. The largest absolute Gasteiger partial charge is 0.352 e. The van der Waals surface area contributed by atoms with Crippen LogP contribution in [0, 0.1) is 5.92 Å². The van der Waals surface area contributed by atoms with E-state index in [1.54, 1.807) is 12.1 Å². The Hall–Kier alpha value is -2.41. The number of hydrogen-bond donors (Lipinski definition) is 1. The van der Waals surface area contributed by atoms with Gasteiger partial charge in [-0.2, -0.15) is 4.98 Å². The van der Waals surface area contributed by atoms with Crippen molar-refractivity contribution in [1.82, 2.24) is 20.4 Å². The van der Waals surface area contributed by atoms with Crippen molar-refractivity contribution in [3.05, 3.63) is 70.0 Å². The number of piperidine rings is 1. The minimum atomic E-state index is -0.0695. The number of aromatic nitrogens is 2. The molecule has 3 aromatic rings. The van der Waals surface area contributed by atoms with E-state index in [-0.39, 0.29) is 11.8 Å². The molecule has 156 valence electrons. The van der Waals surface area contributed by atoms with Gasteiger partial charge in [-0.3, -0.25) is 9.69 Å². The van der Waals surface area contributed by atoms with Gasteiger partial charge in [-0.05, 0) is 55.3 Å². The molecule has 0 saturated carbocycles. The number of nitrogens with one attached hydrogen (secondary N) is 1. The molecule has 1 aromatic heterocycles. The van der Waals surface area contributed by atoms with E-state index in [1.807, 2.05) is 36.4 Å². The zero-order chi connectivity index (χ0) is 20.9. The minimum absolute atomic E-state index is 0.0482. The second-order valence-corrected chi connectivity index (χ2v) is 8.25. The standard InChI is InChI=1S/C22H22Cl2N4O2/c23-18-9-7-15(8-10-18)21-26-20(30-27-21)14-28-11-3-5-17(13-28)22(29)25-12-16-4-1-2-6-19(16)24/h1-2,4,6-10,17H,3,5,11-14H2,(H,25,29). The van der Waals surface area contributed by atoms with Crippen LogP contribution in [0.25, 0.3) is 11.4 Å². The summed E-state index contributed by atoms with van der Waals surface area (Å²) in [5.74, 6) is 1.05. The predicted octanol–water partition coefficient (Wildman–Crippen LogP) is 4.57. The molecule has 0 bridgehead atoms. The molecule has 1 N–H and O–H groups in total. The van der Waals surface area contributed by atoms with Gasteiger partial charge in [0.15, 0.2) is 0 Å². The van der Waals surface area contributed by atoms with Crippen LogP contribution in [-0.4, -0.2) is 34.0 Å². The van der Waals surface area contributed by atoms with Gasteiger partial charge in [0.05, 0.1) is 12.5 Å². The van der Waals surface area contributed by atoms with Gasteiger partial charge in [0.1, 0.15) is 0 Å². The number of carbonyl (C=O) groups is 1. The lowest BCUT2D eigenvalue weighted by Gasteiger charge is -2.30. The summed E-state index contributed by atoms with van der Waals surface area (Å²) in [5, 5.41) is 8.40. The third kappa shape index (κ3) is 5.19. The van der Waals surface area contributed by atoms with Crippen LogP contribution in [0.3, 0.4) is 0 Å². The van der Waals surface area contributed by atoms with Gasteiger partial charge in [-0.1, -0.05) is 46.6 Å². The molecule has 1 atom stereocenters. The maximum atomic E-state index is 12.7. The maximum absolute atomic E-state index is 12.7. The van der Waals surface area contributed by atoms with E-state index >= 15 is 0 Å². The maximum Gasteiger partial charge on any atom is 0.241 e. The van der Waals surface area contributed by atoms with Crippen LogP contribution in [0.4, 0.5) is 0 Å². The molecule has 0 spiro atoms. The van der Waals surface area contributed by atoms with Crippen molar-refractivity contribution in [3.8, 4) is 11.4 Å². The molecule has 8 heteroatoms. The summed E-state index contributed by atoms with van der Waals surface area (Å²) in [6.07, 6.45) is 1.81. The number of carbonyl (C=O) groups excluding carboxylic acids is 1. The lowest BCUT2D eigenvalue weighted by molar-refractivity contribution is -0.127. The Morgan fingerprint density at radius 1 is 1.17 bits per heavy atom. The van der Waals surface area contributed by atoms with E-state index < -0.39 is 0 Å². The number of benzene rings is 2. The summed E-state index contributed by atoms with van der Waals surface area (Å²) in [7, 11) is 0. The summed E-state index contributed by atoms with van der Waals surface area (Å²) < 4.78 is 5.42. The summed E-state index contributed by atoms with van der Waals surface area (Å²) in [4.78, 5) is 19.3. The third-order valence-electron chi connectivity index (χ3n) is 5.22. The molecular weight excluding hydrogens is 423 g/mol. The molecule has 30 heavy (non-hydrogen) atoms. The Kier molecular flexibility index (Phi) is 6.67. The van der Waals surface area contributed by atoms with E-state index in [2.05, 4.69) is 20.4 Å². The van der Waals surface area contributed by atoms with Crippen molar-refractivity contribution in [2.75, 3.05) is 13.1 Å². The zero-order valence-corrected chi connectivity index (χ0v) is 17.9. The van der Waals surface area contributed by atoms with Crippen molar-refractivity contribution in [3.63, 3.8) is 0 Å². The first-order chi connectivity index (χ1) is 14.6. The monoisotopic (exact) mass is 444 g/mol. The van der Waals surface area contributed by atoms with Crippen LogP contribution in [0.2, 0.25) is 10.0 Å². The second kappa shape index (κ2) is 9.60. The molecule has 1 unspecified atom stereocenters. The summed E-state index contributed by atoms with van der Waals surface area (Å²) in [5.41, 5.74) is 1.77. The van der Waals surface area contributed by atoms with Crippen LogP contribution >= 0.6 is 23.2 Å². The van der Waals surface area contributed by atoms with Crippen molar-refractivity contribution in [1.29, 1.82) is 0 Å². The average molecular weight is 445 g/mol. The van der Waals surface area contributed by atoms with E-state index in [0.717, 1.165) is 30.5 Å².